The minimum absolute atomic E-state index is 0.0117. The predicted molar refractivity (Wildman–Crippen MR) is 76.4 cm³/mol. The highest BCUT2D eigenvalue weighted by Gasteiger charge is 2.20. The second-order valence-corrected chi connectivity index (χ2v) is 5.84. The minimum atomic E-state index is -0.557. The second-order valence-electron chi connectivity index (χ2n) is 4.78. The molecule has 0 aliphatic heterocycles. The number of aliphatic hydroxyl groups is 1. The van der Waals surface area contributed by atoms with Crippen molar-refractivity contribution in [1.29, 1.82) is 0 Å². The van der Waals surface area contributed by atoms with Crippen molar-refractivity contribution in [2.24, 2.45) is 0 Å². The maximum absolute atomic E-state index is 12.1. The third-order valence-corrected chi connectivity index (χ3v) is 3.39. The van der Waals surface area contributed by atoms with Gasteiger partial charge in [-0.25, -0.2) is 4.79 Å². The number of aliphatic hydroxyl groups excluding tert-OH is 1. The monoisotopic (exact) mass is 286 g/mol. The molecule has 0 aliphatic rings. The molecule has 0 saturated carbocycles. The standard InChI is InChI=1S/C12H22N4O2S/c1-5-6-10-14-15-11(19-10)13-12(18)16(8(2)3)7-9(4)17/h8-9,17H,5-7H2,1-4H3,(H,13,15,18). The predicted octanol–water partition coefficient (Wildman–Crippen LogP) is 2.11. The maximum Gasteiger partial charge on any atom is 0.324 e. The van der Waals surface area contributed by atoms with Crippen LogP contribution in [0.4, 0.5) is 9.93 Å². The van der Waals surface area contributed by atoms with Gasteiger partial charge in [0.05, 0.1) is 6.10 Å². The van der Waals surface area contributed by atoms with E-state index in [1.54, 1.807) is 11.8 Å². The summed E-state index contributed by atoms with van der Waals surface area (Å²) < 4.78 is 0. The van der Waals surface area contributed by atoms with Crippen molar-refractivity contribution < 1.29 is 9.90 Å². The Morgan fingerprint density at radius 2 is 2.11 bits per heavy atom. The van der Waals surface area contributed by atoms with Gasteiger partial charge in [-0.2, -0.15) is 0 Å². The molecule has 0 aromatic carbocycles. The molecule has 0 radical (unpaired) electrons. The molecule has 1 heterocycles. The normalized spacial score (nSPS) is 12.5. The Hall–Kier alpha value is -1.21. The fraction of sp³-hybridized carbons (Fsp3) is 0.750. The topological polar surface area (TPSA) is 78.4 Å². The van der Waals surface area contributed by atoms with Crippen LogP contribution in [0, 0.1) is 0 Å². The molecule has 19 heavy (non-hydrogen) atoms. The third-order valence-electron chi connectivity index (χ3n) is 2.49. The maximum atomic E-state index is 12.1. The number of rotatable bonds is 6. The highest BCUT2D eigenvalue weighted by atomic mass is 32.1. The minimum Gasteiger partial charge on any atom is -0.392 e. The van der Waals surface area contributed by atoms with Crippen LogP contribution < -0.4 is 5.32 Å². The second kappa shape index (κ2) is 7.40. The van der Waals surface area contributed by atoms with Gasteiger partial charge in [0.25, 0.3) is 0 Å². The van der Waals surface area contributed by atoms with Gasteiger partial charge >= 0.3 is 6.03 Å². The molecule has 2 amide bonds. The van der Waals surface area contributed by atoms with Crippen molar-refractivity contribution in [3.63, 3.8) is 0 Å². The molecular weight excluding hydrogens is 264 g/mol. The summed E-state index contributed by atoms with van der Waals surface area (Å²) in [6.07, 6.45) is 1.32. The fourth-order valence-corrected chi connectivity index (χ4v) is 2.43. The smallest absolute Gasteiger partial charge is 0.324 e. The van der Waals surface area contributed by atoms with E-state index in [0.717, 1.165) is 17.8 Å². The Morgan fingerprint density at radius 3 is 2.63 bits per heavy atom. The quantitative estimate of drug-likeness (QED) is 0.839. The summed E-state index contributed by atoms with van der Waals surface area (Å²) in [6, 6.07) is -0.243. The molecule has 108 valence electrons. The Balaban J connectivity index is 2.64. The van der Waals surface area contributed by atoms with Gasteiger partial charge in [-0.3, -0.25) is 5.32 Å². The average Bonchev–Trinajstić information content (AvgIpc) is 2.73. The molecule has 2 N–H and O–H groups in total. The molecule has 7 heteroatoms. The van der Waals surface area contributed by atoms with Crippen molar-refractivity contribution in [1.82, 2.24) is 15.1 Å². The van der Waals surface area contributed by atoms with Crippen LogP contribution in [-0.2, 0) is 6.42 Å². The van der Waals surface area contributed by atoms with Crippen LogP contribution in [0.3, 0.4) is 0 Å². The lowest BCUT2D eigenvalue weighted by molar-refractivity contribution is 0.125. The lowest BCUT2D eigenvalue weighted by Gasteiger charge is -2.27. The average molecular weight is 286 g/mol. The van der Waals surface area contributed by atoms with Crippen LogP contribution in [-0.4, -0.2) is 44.9 Å². The van der Waals surface area contributed by atoms with Gasteiger partial charge in [0, 0.05) is 19.0 Å². The van der Waals surface area contributed by atoms with E-state index in [-0.39, 0.29) is 12.1 Å². The van der Waals surface area contributed by atoms with Gasteiger partial charge in [0.2, 0.25) is 5.13 Å². The van der Waals surface area contributed by atoms with E-state index in [2.05, 4.69) is 22.4 Å². The molecule has 1 aromatic rings. The molecule has 1 aromatic heterocycles. The fourth-order valence-electron chi connectivity index (χ4n) is 1.60. The first-order chi connectivity index (χ1) is 8.93. The molecule has 1 unspecified atom stereocenters. The van der Waals surface area contributed by atoms with E-state index in [0.29, 0.717) is 11.7 Å². The van der Waals surface area contributed by atoms with Crippen molar-refractivity contribution in [3.8, 4) is 0 Å². The van der Waals surface area contributed by atoms with Gasteiger partial charge in [0.1, 0.15) is 5.01 Å². The highest BCUT2D eigenvalue weighted by Crippen LogP contribution is 2.17. The number of urea groups is 1. The Morgan fingerprint density at radius 1 is 1.42 bits per heavy atom. The number of hydrogen-bond acceptors (Lipinski definition) is 5. The first kappa shape index (κ1) is 15.8. The molecule has 0 saturated heterocycles. The van der Waals surface area contributed by atoms with Gasteiger partial charge in [-0.1, -0.05) is 18.3 Å². The zero-order valence-corrected chi connectivity index (χ0v) is 12.7. The summed E-state index contributed by atoms with van der Waals surface area (Å²) in [5.74, 6) is 0. The molecule has 1 atom stereocenters. The molecule has 1 rings (SSSR count). The van der Waals surface area contributed by atoms with Crippen LogP contribution in [0.2, 0.25) is 0 Å². The van der Waals surface area contributed by atoms with Crippen LogP contribution in [0.1, 0.15) is 39.1 Å². The molecule has 0 spiro atoms. The summed E-state index contributed by atoms with van der Waals surface area (Å²) in [6.45, 7) is 7.84. The number of carbonyl (C=O) groups excluding carboxylic acids is 1. The van der Waals surface area contributed by atoms with Crippen molar-refractivity contribution in [3.05, 3.63) is 5.01 Å². The van der Waals surface area contributed by atoms with Gasteiger partial charge in [-0.15, -0.1) is 10.2 Å². The molecule has 0 fully saturated rings. The lowest BCUT2D eigenvalue weighted by atomic mass is 10.3. The van der Waals surface area contributed by atoms with Gasteiger partial charge in [-0.05, 0) is 27.2 Å². The van der Waals surface area contributed by atoms with Crippen molar-refractivity contribution in [2.75, 3.05) is 11.9 Å². The first-order valence-corrected chi connectivity index (χ1v) is 7.33. The van der Waals surface area contributed by atoms with E-state index in [9.17, 15) is 9.90 Å². The van der Waals surface area contributed by atoms with E-state index in [1.165, 1.54) is 11.3 Å². The van der Waals surface area contributed by atoms with Crippen LogP contribution in [0.15, 0.2) is 0 Å². The van der Waals surface area contributed by atoms with Crippen LogP contribution >= 0.6 is 11.3 Å². The molecule has 6 nitrogen and oxygen atoms in total. The number of carbonyl (C=O) groups is 1. The largest absolute Gasteiger partial charge is 0.392 e. The highest BCUT2D eigenvalue weighted by molar-refractivity contribution is 7.15. The summed E-state index contributed by atoms with van der Waals surface area (Å²) in [4.78, 5) is 13.7. The van der Waals surface area contributed by atoms with Crippen LogP contribution in [0.5, 0.6) is 0 Å². The zero-order valence-electron chi connectivity index (χ0n) is 11.9. The summed E-state index contributed by atoms with van der Waals surface area (Å²) in [5.41, 5.74) is 0. The number of aryl methyl sites for hydroxylation is 1. The lowest BCUT2D eigenvalue weighted by Crippen LogP contribution is -2.43. The van der Waals surface area contributed by atoms with E-state index in [1.807, 2.05) is 13.8 Å². The third kappa shape index (κ3) is 5.12. The first-order valence-electron chi connectivity index (χ1n) is 6.52. The Bertz CT molecular complexity index is 406. The number of nitrogens with zero attached hydrogens (tertiary/aromatic N) is 3. The molecular formula is C12H22N4O2S. The van der Waals surface area contributed by atoms with E-state index < -0.39 is 6.10 Å². The van der Waals surface area contributed by atoms with Gasteiger partial charge in [0.15, 0.2) is 0 Å². The Labute approximate surface area is 117 Å². The summed E-state index contributed by atoms with van der Waals surface area (Å²) in [5, 5.41) is 21.5. The summed E-state index contributed by atoms with van der Waals surface area (Å²) >= 11 is 1.39. The van der Waals surface area contributed by atoms with Crippen molar-refractivity contribution >= 4 is 22.5 Å². The van der Waals surface area contributed by atoms with E-state index in [4.69, 9.17) is 0 Å². The summed E-state index contributed by atoms with van der Waals surface area (Å²) in [7, 11) is 0. The Kier molecular flexibility index (Phi) is 6.17. The number of anilines is 1. The number of hydrogen-bond donors (Lipinski definition) is 2. The van der Waals surface area contributed by atoms with Gasteiger partial charge < -0.3 is 10.0 Å². The number of amides is 2. The van der Waals surface area contributed by atoms with Crippen LogP contribution in [0.25, 0.3) is 0 Å². The number of aromatic nitrogens is 2. The van der Waals surface area contributed by atoms with E-state index >= 15 is 0 Å². The molecule has 0 aliphatic carbocycles. The SMILES string of the molecule is CCCc1nnc(NC(=O)N(CC(C)O)C(C)C)s1. The number of nitrogens with one attached hydrogen (secondary N) is 1. The van der Waals surface area contributed by atoms with Crippen molar-refractivity contribution in [2.45, 2.75) is 52.7 Å². The zero-order chi connectivity index (χ0) is 14.4. The molecule has 0 bridgehead atoms.